The van der Waals surface area contributed by atoms with Gasteiger partial charge in [-0.25, -0.2) is 4.79 Å². The number of nitrogens with zero attached hydrogens (tertiary/aromatic N) is 3. The van der Waals surface area contributed by atoms with Crippen LogP contribution in [0.15, 0.2) is 36.4 Å². The molecule has 0 atom stereocenters. The molecule has 0 aliphatic rings. The summed E-state index contributed by atoms with van der Waals surface area (Å²) in [6, 6.07) is 10.2. The van der Waals surface area contributed by atoms with Crippen LogP contribution in [0.3, 0.4) is 0 Å². The number of carbonyl (C=O) groups is 2. The number of nitrogens with one attached hydrogen (secondary N) is 1. The molecule has 1 N–H and O–H groups in total. The Morgan fingerprint density at radius 1 is 1.00 bits per heavy atom. The van der Waals surface area contributed by atoms with E-state index in [1.165, 1.54) is 0 Å². The van der Waals surface area contributed by atoms with Gasteiger partial charge in [0.25, 0.3) is 5.91 Å². The lowest BCUT2D eigenvalue weighted by Crippen LogP contribution is -2.31. The smallest absolute Gasteiger partial charge is 0.338 e. The van der Waals surface area contributed by atoms with Gasteiger partial charge in [-0.3, -0.25) is 4.79 Å². The van der Waals surface area contributed by atoms with Gasteiger partial charge in [0.2, 0.25) is 0 Å². The molecule has 0 fully saturated rings. The molecule has 2 rings (SSSR count). The minimum atomic E-state index is -0.354. The summed E-state index contributed by atoms with van der Waals surface area (Å²) >= 11 is 0. The van der Waals surface area contributed by atoms with Crippen LogP contribution in [-0.2, 0) is 4.74 Å². The van der Waals surface area contributed by atoms with Crippen molar-refractivity contribution in [3.8, 4) is 0 Å². The molecule has 0 saturated carbocycles. The maximum absolute atomic E-state index is 12.2. The van der Waals surface area contributed by atoms with Gasteiger partial charge < -0.3 is 15.0 Å². The molecule has 0 unspecified atom stereocenters. The highest BCUT2D eigenvalue weighted by atomic mass is 16.5. The lowest BCUT2D eigenvalue weighted by atomic mass is 10.2. The summed E-state index contributed by atoms with van der Waals surface area (Å²) in [4.78, 5) is 25.5. The average Bonchev–Trinajstić information content (AvgIpc) is 2.64. The lowest BCUT2D eigenvalue weighted by Gasteiger charge is -2.17. The largest absolute Gasteiger partial charge is 0.462 e. The number of esters is 1. The van der Waals surface area contributed by atoms with Gasteiger partial charge in [-0.15, -0.1) is 10.2 Å². The Kier molecular flexibility index (Phi) is 6.45. The summed E-state index contributed by atoms with van der Waals surface area (Å²) < 4.78 is 4.94. The van der Waals surface area contributed by atoms with E-state index in [0.29, 0.717) is 36.8 Å². The van der Waals surface area contributed by atoms with Gasteiger partial charge in [0, 0.05) is 18.8 Å². The van der Waals surface area contributed by atoms with E-state index in [1.807, 2.05) is 13.8 Å². The molecule has 25 heavy (non-hydrogen) atoms. The number of carbonyl (C=O) groups excluding carboxylic acids is 2. The maximum atomic E-state index is 12.2. The number of amides is 1. The zero-order chi connectivity index (χ0) is 18.2. The van der Waals surface area contributed by atoms with Crippen molar-refractivity contribution in [3.05, 3.63) is 47.7 Å². The van der Waals surface area contributed by atoms with Crippen molar-refractivity contribution < 1.29 is 14.3 Å². The van der Waals surface area contributed by atoms with Crippen LogP contribution in [0.2, 0.25) is 0 Å². The van der Waals surface area contributed by atoms with E-state index >= 15 is 0 Å². The monoisotopic (exact) mass is 342 g/mol. The third-order valence-electron chi connectivity index (χ3n) is 3.60. The Hall–Kier alpha value is -2.96. The van der Waals surface area contributed by atoms with E-state index in [-0.39, 0.29) is 11.9 Å². The molecule has 1 aromatic heterocycles. The molecule has 0 aliphatic heterocycles. The summed E-state index contributed by atoms with van der Waals surface area (Å²) in [5, 5.41) is 11.1. The van der Waals surface area contributed by atoms with Crippen LogP contribution in [0.4, 0.5) is 11.5 Å². The Labute approximate surface area is 147 Å². The highest BCUT2D eigenvalue weighted by Crippen LogP contribution is 2.15. The van der Waals surface area contributed by atoms with Crippen LogP contribution in [-0.4, -0.2) is 46.7 Å². The normalized spacial score (nSPS) is 10.2. The van der Waals surface area contributed by atoms with Gasteiger partial charge >= 0.3 is 5.97 Å². The molecular weight excluding hydrogens is 320 g/mol. The molecule has 2 aromatic rings. The number of benzene rings is 1. The number of ether oxygens (including phenoxy) is 1. The Bertz CT molecular complexity index is 710. The fourth-order valence-corrected chi connectivity index (χ4v) is 2.24. The molecule has 7 heteroatoms. The first-order valence-corrected chi connectivity index (χ1v) is 8.26. The van der Waals surface area contributed by atoms with Crippen LogP contribution in [0.5, 0.6) is 0 Å². The standard InChI is InChI=1S/C18H22N4O3/c1-4-22(5-2)17(23)15-11-12-16(21-20-15)19-14-9-7-13(8-10-14)18(24)25-6-3/h7-12H,4-6H2,1-3H3,(H,19,21). The molecule has 7 nitrogen and oxygen atoms in total. The highest BCUT2D eigenvalue weighted by molar-refractivity contribution is 5.92. The first-order valence-electron chi connectivity index (χ1n) is 8.26. The summed E-state index contributed by atoms with van der Waals surface area (Å²) in [5.41, 5.74) is 1.55. The van der Waals surface area contributed by atoms with Crippen molar-refractivity contribution in [2.45, 2.75) is 20.8 Å². The molecule has 0 bridgehead atoms. The van der Waals surface area contributed by atoms with Gasteiger partial charge in [-0.1, -0.05) is 0 Å². The summed E-state index contributed by atoms with van der Waals surface area (Å²) in [7, 11) is 0. The second-order valence-corrected chi connectivity index (χ2v) is 5.20. The third-order valence-corrected chi connectivity index (χ3v) is 3.60. The van der Waals surface area contributed by atoms with Crippen molar-refractivity contribution in [2.24, 2.45) is 0 Å². The molecule has 0 spiro atoms. The first kappa shape index (κ1) is 18.4. The highest BCUT2D eigenvalue weighted by Gasteiger charge is 2.14. The van der Waals surface area contributed by atoms with E-state index in [9.17, 15) is 9.59 Å². The summed E-state index contributed by atoms with van der Waals surface area (Å²) in [5.74, 6) is 0.0240. The van der Waals surface area contributed by atoms with E-state index in [1.54, 1.807) is 48.2 Å². The second kappa shape index (κ2) is 8.77. The average molecular weight is 342 g/mol. The van der Waals surface area contributed by atoms with Crippen LogP contribution in [0.25, 0.3) is 0 Å². The molecule has 0 radical (unpaired) electrons. The first-order chi connectivity index (χ1) is 12.1. The van der Waals surface area contributed by atoms with Crippen molar-refractivity contribution in [2.75, 3.05) is 25.0 Å². The fourth-order valence-electron chi connectivity index (χ4n) is 2.24. The molecule has 1 heterocycles. The quantitative estimate of drug-likeness (QED) is 0.779. The van der Waals surface area contributed by atoms with Gasteiger partial charge in [0.05, 0.1) is 12.2 Å². The molecule has 1 amide bonds. The number of rotatable bonds is 7. The molecule has 132 valence electrons. The predicted octanol–water partition coefficient (Wildman–Crippen LogP) is 2.88. The van der Waals surface area contributed by atoms with Crippen LogP contribution < -0.4 is 5.32 Å². The SMILES string of the molecule is CCOC(=O)c1ccc(Nc2ccc(C(=O)N(CC)CC)nn2)cc1. The van der Waals surface area contributed by atoms with Crippen molar-refractivity contribution in [1.29, 1.82) is 0 Å². The minimum Gasteiger partial charge on any atom is -0.462 e. The van der Waals surface area contributed by atoms with Gasteiger partial charge in [0.15, 0.2) is 11.5 Å². The topological polar surface area (TPSA) is 84.4 Å². The van der Waals surface area contributed by atoms with E-state index in [0.717, 1.165) is 5.69 Å². The predicted molar refractivity (Wildman–Crippen MR) is 95.0 cm³/mol. The number of hydrogen-bond acceptors (Lipinski definition) is 6. The Morgan fingerprint density at radius 2 is 1.68 bits per heavy atom. The minimum absolute atomic E-state index is 0.136. The lowest BCUT2D eigenvalue weighted by molar-refractivity contribution is 0.0526. The summed E-state index contributed by atoms with van der Waals surface area (Å²) in [6.45, 7) is 7.21. The van der Waals surface area contributed by atoms with Crippen LogP contribution in [0, 0.1) is 0 Å². The van der Waals surface area contributed by atoms with Crippen molar-refractivity contribution in [1.82, 2.24) is 15.1 Å². The van der Waals surface area contributed by atoms with E-state index < -0.39 is 0 Å². The zero-order valence-corrected chi connectivity index (χ0v) is 14.7. The molecule has 0 aliphatic carbocycles. The van der Waals surface area contributed by atoms with E-state index in [2.05, 4.69) is 15.5 Å². The van der Waals surface area contributed by atoms with E-state index in [4.69, 9.17) is 4.74 Å². The van der Waals surface area contributed by atoms with Crippen molar-refractivity contribution >= 4 is 23.4 Å². The van der Waals surface area contributed by atoms with Crippen molar-refractivity contribution in [3.63, 3.8) is 0 Å². The molecule has 0 saturated heterocycles. The van der Waals surface area contributed by atoms with Crippen LogP contribution >= 0.6 is 0 Å². The molecular formula is C18H22N4O3. The second-order valence-electron chi connectivity index (χ2n) is 5.20. The molecule has 1 aromatic carbocycles. The summed E-state index contributed by atoms with van der Waals surface area (Å²) in [6.07, 6.45) is 0. The third kappa shape index (κ3) is 4.76. The fraction of sp³-hybridized carbons (Fsp3) is 0.333. The Morgan fingerprint density at radius 3 is 2.20 bits per heavy atom. The number of anilines is 2. The van der Waals surface area contributed by atoms with Gasteiger partial charge in [0.1, 0.15) is 0 Å². The number of aromatic nitrogens is 2. The van der Waals surface area contributed by atoms with Gasteiger partial charge in [-0.05, 0) is 57.2 Å². The van der Waals surface area contributed by atoms with Crippen LogP contribution in [0.1, 0.15) is 41.6 Å². The zero-order valence-electron chi connectivity index (χ0n) is 14.7. The number of hydrogen-bond donors (Lipinski definition) is 1. The Balaban J connectivity index is 2.04. The maximum Gasteiger partial charge on any atom is 0.338 e. The van der Waals surface area contributed by atoms with Gasteiger partial charge in [-0.2, -0.15) is 0 Å².